The van der Waals surface area contributed by atoms with Crippen molar-refractivity contribution in [3.8, 4) is 0 Å². The first-order valence-electron chi connectivity index (χ1n) is 7.66. The van der Waals surface area contributed by atoms with Gasteiger partial charge in [0.1, 0.15) is 0 Å². The highest BCUT2D eigenvalue weighted by Crippen LogP contribution is 2.06. The van der Waals surface area contributed by atoms with Crippen molar-refractivity contribution in [3.63, 3.8) is 0 Å². The minimum atomic E-state index is -0.477. The summed E-state index contributed by atoms with van der Waals surface area (Å²) < 4.78 is 6.48. The molecule has 0 bridgehead atoms. The van der Waals surface area contributed by atoms with E-state index in [0.29, 0.717) is 12.3 Å². The zero-order chi connectivity index (χ0) is 16.8. The van der Waals surface area contributed by atoms with Crippen LogP contribution in [0, 0.1) is 0 Å². The fourth-order valence-corrected chi connectivity index (χ4v) is 2.22. The number of aromatic nitrogens is 2. The van der Waals surface area contributed by atoms with Gasteiger partial charge in [0.2, 0.25) is 5.89 Å². The number of nitrogens with zero attached hydrogens (tertiary/aromatic N) is 3. The maximum atomic E-state index is 11.9. The van der Waals surface area contributed by atoms with Gasteiger partial charge in [0.05, 0.1) is 24.4 Å². The molecule has 1 aromatic heterocycles. The number of anilines is 1. The molecule has 0 saturated heterocycles. The Morgan fingerprint density at radius 3 is 2.50 bits per heavy atom. The van der Waals surface area contributed by atoms with Crippen LogP contribution in [0.5, 0.6) is 0 Å². The van der Waals surface area contributed by atoms with Crippen molar-refractivity contribution in [2.45, 2.75) is 19.9 Å². The lowest BCUT2D eigenvalue weighted by atomic mass is 10.2. The van der Waals surface area contributed by atoms with Crippen molar-refractivity contribution in [2.24, 2.45) is 5.10 Å². The van der Waals surface area contributed by atoms with Crippen molar-refractivity contribution in [2.75, 3.05) is 5.43 Å². The van der Waals surface area contributed by atoms with E-state index in [1.807, 2.05) is 67.6 Å². The van der Waals surface area contributed by atoms with E-state index in [9.17, 15) is 4.79 Å². The van der Waals surface area contributed by atoms with Crippen molar-refractivity contribution in [1.29, 1.82) is 0 Å². The molecule has 0 amide bonds. The van der Waals surface area contributed by atoms with Crippen LogP contribution in [0.4, 0.5) is 5.69 Å². The molecule has 2 aromatic carbocycles. The van der Waals surface area contributed by atoms with Gasteiger partial charge in [0, 0.05) is 0 Å². The molecule has 0 unspecified atom stereocenters. The van der Waals surface area contributed by atoms with E-state index in [-0.39, 0.29) is 6.54 Å². The van der Waals surface area contributed by atoms with Gasteiger partial charge >= 0.3 is 5.76 Å². The average molecular weight is 322 g/mol. The number of nitrogens with one attached hydrogen (secondary N) is 1. The maximum absolute atomic E-state index is 11.9. The first-order valence-corrected chi connectivity index (χ1v) is 7.66. The molecule has 1 heterocycles. The van der Waals surface area contributed by atoms with Crippen molar-refractivity contribution in [1.82, 2.24) is 9.78 Å². The molecule has 6 heteroatoms. The highest BCUT2D eigenvalue weighted by atomic mass is 16.4. The van der Waals surface area contributed by atoms with Gasteiger partial charge in [-0.25, -0.2) is 4.79 Å². The highest BCUT2D eigenvalue weighted by molar-refractivity contribution is 5.82. The number of para-hydroxylation sites is 1. The van der Waals surface area contributed by atoms with Crippen LogP contribution in [-0.4, -0.2) is 15.5 Å². The normalized spacial score (nSPS) is 11.5. The standard InChI is InChI=1S/C18H18N4O2/c1-14(19-20-16-10-6-3-7-11-16)13-22-18(23)24-17(21-22)12-15-8-4-2-5-9-15/h2-11,20H,12-13H2,1H3/b19-14+. The molecule has 0 spiro atoms. The molecule has 122 valence electrons. The van der Waals surface area contributed by atoms with Gasteiger partial charge in [-0.3, -0.25) is 5.43 Å². The Morgan fingerprint density at radius 2 is 1.79 bits per heavy atom. The van der Waals surface area contributed by atoms with E-state index in [4.69, 9.17) is 4.42 Å². The summed E-state index contributed by atoms with van der Waals surface area (Å²) >= 11 is 0. The Bertz CT molecular complexity index is 867. The van der Waals surface area contributed by atoms with Crippen LogP contribution in [0.15, 0.2) is 75.0 Å². The number of rotatable bonds is 6. The van der Waals surface area contributed by atoms with E-state index < -0.39 is 5.76 Å². The summed E-state index contributed by atoms with van der Waals surface area (Å²) in [5, 5.41) is 8.48. The van der Waals surface area contributed by atoms with Crippen LogP contribution in [0.3, 0.4) is 0 Å². The Hall–Kier alpha value is -3.15. The summed E-state index contributed by atoms with van der Waals surface area (Å²) in [5.74, 6) is -0.0785. The van der Waals surface area contributed by atoms with E-state index >= 15 is 0 Å². The highest BCUT2D eigenvalue weighted by Gasteiger charge is 2.09. The maximum Gasteiger partial charge on any atom is 0.437 e. The largest absolute Gasteiger partial charge is 0.437 e. The van der Waals surface area contributed by atoms with Crippen LogP contribution in [-0.2, 0) is 13.0 Å². The Morgan fingerprint density at radius 1 is 1.12 bits per heavy atom. The third kappa shape index (κ3) is 4.19. The molecule has 6 nitrogen and oxygen atoms in total. The van der Waals surface area contributed by atoms with E-state index in [0.717, 1.165) is 17.0 Å². The first kappa shape index (κ1) is 15.7. The first-order chi connectivity index (χ1) is 11.7. The molecule has 0 fully saturated rings. The van der Waals surface area contributed by atoms with Crippen LogP contribution in [0.25, 0.3) is 0 Å². The minimum Gasteiger partial charge on any atom is -0.392 e. The molecule has 3 rings (SSSR count). The molecule has 0 atom stereocenters. The fourth-order valence-electron chi connectivity index (χ4n) is 2.22. The van der Waals surface area contributed by atoms with E-state index in [1.54, 1.807) is 0 Å². The molecule has 1 N–H and O–H groups in total. The van der Waals surface area contributed by atoms with Crippen molar-refractivity contribution >= 4 is 11.4 Å². The van der Waals surface area contributed by atoms with Crippen LogP contribution in [0.2, 0.25) is 0 Å². The molecule has 0 radical (unpaired) electrons. The molecule has 0 aliphatic carbocycles. The molecule has 0 aliphatic heterocycles. The molecule has 24 heavy (non-hydrogen) atoms. The predicted molar refractivity (Wildman–Crippen MR) is 93.2 cm³/mol. The number of benzene rings is 2. The third-order valence-corrected chi connectivity index (χ3v) is 3.37. The SMILES string of the molecule is C/C(Cn1nc(Cc2ccccc2)oc1=O)=N\Nc1ccccc1. The van der Waals surface area contributed by atoms with Gasteiger partial charge in [0.15, 0.2) is 0 Å². The van der Waals surface area contributed by atoms with Crippen LogP contribution < -0.4 is 11.2 Å². The summed E-state index contributed by atoms with van der Waals surface area (Å²) in [4.78, 5) is 11.9. The van der Waals surface area contributed by atoms with E-state index in [2.05, 4.69) is 15.6 Å². The van der Waals surface area contributed by atoms with Gasteiger partial charge in [-0.1, -0.05) is 48.5 Å². The summed E-state index contributed by atoms with van der Waals surface area (Å²) in [6.45, 7) is 2.10. The van der Waals surface area contributed by atoms with Gasteiger partial charge in [-0.2, -0.15) is 9.78 Å². The van der Waals surface area contributed by atoms with Gasteiger partial charge in [-0.05, 0) is 24.6 Å². The van der Waals surface area contributed by atoms with Gasteiger partial charge in [0.25, 0.3) is 0 Å². The second-order valence-electron chi connectivity index (χ2n) is 5.41. The zero-order valence-corrected chi connectivity index (χ0v) is 13.3. The van der Waals surface area contributed by atoms with Gasteiger partial charge < -0.3 is 4.42 Å². The molecular weight excluding hydrogens is 304 g/mol. The monoisotopic (exact) mass is 322 g/mol. The lowest BCUT2D eigenvalue weighted by molar-refractivity contribution is 0.459. The van der Waals surface area contributed by atoms with Crippen LogP contribution >= 0.6 is 0 Å². The number of hydrazone groups is 1. The summed E-state index contributed by atoms with van der Waals surface area (Å²) in [7, 11) is 0. The second-order valence-corrected chi connectivity index (χ2v) is 5.41. The predicted octanol–water partition coefficient (Wildman–Crippen LogP) is 2.92. The minimum absolute atomic E-state index is 0.275. The molecule has 0 saturated carbocycles. The lowest BCUT2D eigenvalue weighted by Crippen LogP contribution is -2.20. The summed E-state index contributed by atoms with van der Waals surface area (Å²) in [6.07, 6.45) is 0.488. The Labute approximate surface area is 139 Å². The summed E-state index contributed by atoms with van der Waals surface area (Å²) in [5.41, 5.74) is 5.59. The van der Waals surface area contributed by atoms with Crippen molar-refractivity contribution < 1.29 is 4.42 Å². The topological polar surface area (TPSA) is 72.4 Å². The smallest absolute Gasteiger partial charge is 0.392 e. The molecule has 0 aliphatic rings. The zero-order valence-electron chi connectivity index (χ0n) is 13.3. The number of hydrogen-bond acceptors (Lipinski definition) is 5. The van der Waals surface area contributed by atoms with E-state index in [1.165, 1.54) is 4.68 Å². The average Bonchev–Trinajstić information content (AvgIpc) is 2.94. The van der Waals surface area contributed by atoms with Crippen LogP contribution in [0.1, 0.15) is 18.4 Å². The fraction of sp³-hybridized carbons (Fsp3) is 0.167. The lowest BCUT2D eigenvalue weighted by Gasteiger charge is -2.02. The Kier molecular flexibility index (Phi) is 4.86. The van der Waals surface area contributed by atoms with Gasteiger partial charge in [-0.15, -0.1) is 5.10 Å². The summed E-state index contributed by atoms with van der Waals surface area (Å²) in [6, 6.07) is 19.4. The molecule has 3 aromatic rings. The third-order valence-electron chi connectivity index (χ3n) is 3.37. The number of hydrogen-bond donors (Lipinski definition) is 1. The second kappa shape index (κ2) is 7.41. The van der Waals surface area contributed by atoms with Crippen molar-refractivity contribution in [3.05, 3.63) is 82.7 Å². The quantitative estimate of drug-likeness (QED) is 0.559. The Balaban J connectivity index is 1.66. The molecular formula is C18H18N4O2.